The third-order valence-corrected chi connectivity index (χ3v) is 2.37. The van der Waals surface area contributed by atoms with Crippen LogP contribution >= 0.6 is 0 Å². The Labute approximate surface area is 114 Å². The molecule has 0 heterocycles. The lowest BCUT2D eigenvalue weighted by atomic mass is 10.1. The molecule has 0 spiro atoms. The first-order chi connectivity index (χ1) is 9.20. The Bertz CT molecular complexity index is 474. The molecule has 0 saturated carbocycles. The average molecular weight is 291 g/mol. The highest BCUT2D eigenvalue weighted by atomic mass is 19.2. The van der Waals surface area contributed by atoms with Crippen LogP contribution in [0.15, 0.2) is 18.2 Å². The highest BCUT2D eigenvalue weighted by Gasteiger charge is 2.26. The predicted molar refractivity (Wildman–Crippen MR) is 66.1 cm³/mol. The van der Waals surface area contributed by atoms with E-state index in [1.165, 1.54) is 6.07 Å². The van der Waals surface area contributed by atoms with Gasteiger partial charge >= 0.3 is 0 Å². The summed E-state index contributed by atoms with van der Waals surface area (Å²) in [7, 11) is 0. The molecule has 1 aromatic rings. The molecule has 1 aromatic carbocycles. The Balaban J connectivity index is 2.38. The monoisotopic (exact) mass is 291 g/mol. The molecule has 1 rings (SSSR count). The molecule has 0 aliphatic heterocycles. The average Bonchev–Trinajstić information content (AvgIpc) is 2.36. The van der Waals surface area contributed by atoms with Crippen LogP contribution in [0.5, 0.6) is 5.75 Å². The van der Waals surface area contributed by atoms with Crippen LogP contribution in [0.4, 0.5) is 13.2 Å². The number of aliphatic hydroxyl groups excluding tert-OH is 1. The molecule has 20 heavy (non-hydrogen) atoms. The van der Waals surface area contributed by atoms with Gasteiger partial charge in [-0.15, -0.1) is 0 Å². The summed E-state index contributed by atoms with van der Waals surface area (Å²) < 4.78 is 43.7. The first kappa shape index (κ1) is 16.3. The third-order valence-electron chi connectivity index (χ3n) is 2.37. The molecule has 0 saturated heterocycles. The van der Waals surface area contributed by atoms with E-state index in [0.29, 0.717) is 0 Å². The van der Waals surface area contributed by atoms with Crippen LogP contribution in [-0.2, 0) is 4.79 Å². The highest BCUT2D eigenvalue weighted by Crippen LogP contribution is 2.15. The van der Waals surface area contributed by atoms with Crippen LogP contribution in [0.1, 0.15) is 13.8 Å². The van der Waals surface area contributed by atoms with Gasteiger partial charge in [-0.05, 0) is 26.0 Å². The normalized spacial score (nSPS) is 12.9. The molecule has 0 aliphatic rings. The molecule has 2 N–H and O–H groups in total. The van der Waals surface area contributed by atoms with Crippen molar-refractivity contribution < 1.29 is 27.8 Å². The molecule has 0 radical (unpaired) electrons. The largest absolute Gasteiger partial charge is 0.491 e. The number of carbonyl (C=O) groups is 1. The Kier molecular flexibility index (Phi) is 5.38. The SMILES string of the molecule is CC(C)(F)C(=O)NCC(O)COc1ccc(F)c(F)c1. The molecule has 1 atom stereocenters. The van der Waals surface area contributed by atoms with Gasteiger partial charge in [-0.25, -0.2) is 13.2 Å². The molecular weight excluding hydrogens is 275 g/mol. The number of benzene rings is 1. The Morgan fingerprint density at radius 1 is 1.40 bits per heavy atom. The number of nitrogens with one attached hydrogen (secondary N) is 1. The van der Waals surface area contributed by atoms with Crippen LogP contribution in [0, 0.1) is 11.6 Å². The molecule has 1 unspecified atom stereocenters. The summed E-state index contributed by atoms with van der Waals surface area (Å²) in [6, 6.07) is 2.93. The molecule has 0 aromatic heterocycles. The number of halogens is 3. The summed E-state index contributed by atoms with van der Waals surface area (Å²) in [6.07, 6.45) is -1.10. The Morgan fingerprint density at radius 2 is 2.05 bits per heavy atom. The third kappa shape index (κ3) is 5.08. The van der Waals surface area contributed by atoms with Gasteiger partial charge in [0.2, 0.25) is 0 Å². The summed E-state index contributed by atoms with van der Waals surface area (Å²) in [5.41, 5.74) is -2.04. The zero-order valence-electron chi connectivity index (χ0n) is 11.1. The number of rotatable bonds is 6. The number of ether oxygens (including phenoxy) is 1. The van der Waals surface area contributed by atoms with Crippen molar-refractivity contribution in [1.82, 2.24) is 5.32 Å². The zero-order valence-corrected chi connectivity index (χ0v) is 11.1. The highest BCUT2D eigenvalue weighted by molar-refractivity contribution is 5.84. The predicted octanol–water partition coefficient (Wildman–Crippen LogP) is 1.57. The summed E-state index contributed by atoms with van der Waals surface area (Å²) in [5, 5.41) is 11.7. The maximum Gasteiger partial charge on any atom is 0.257 e. The van der Waals surface area contributed by atoms with Gasteiger partial charge in [0.1, 0.15) is 18.5 Å². The number of carbonyl (C=O) groups excluding carboxylic acids is 1. The van der Waals surface area contributed by atoms with Crippen LogP contribution in [0.3, 0.4) is 0 Å². The van der Waals surface area contributed by atoms with Crippen molar-refractivity contribution in [2.24, 2.45) is 0 Å². The van der Waals surface area contributed by atoms with Crippen LogP contribution in [-0.4, -0.2) is 35.9 Å². The van der Waals surface area contributed by atoms with Gasteiger partial charge in [-0.3, -0.25) is 4.79 Å². The lowest BCUT2D eigenvalue weighted by molar-refractivity contribution is -0.131. The van der Waals surface area contributed by atoms with Gasteiger partial charge in [-0.1, -0.05) is 0 Å². The zero-order chi connectivity index (χ0) is 15.3. The molecule has 4 nitrogen and oxygen atoms in total. The second-order valence-electron chi connectivity index (χ2n) is 4.72. The minimum atomic E-state index is -2.04. The van der Waals surface area contributed by atoms with Gasteiger partial charge in [0.15, 0.2) is 17.3 Å². The van der Waals surface area contributed by atoms with Gasteiger partial charge in [0.05, 0.1) is 0 Å². The summed E-state index contributed by atoms with van der Waals surface area (Å²) in [6.45, 7) is 1.72. The quantitative estimate of drug-likeness (QED) is 0.836. The van der Waals surface area contributed by atoms with Crippen molar-refractivity contribution in [3.05, 3.63) is 29.8 Å². The minimum Gasteiger partial charge on any atom is -0.491 e. The van der Waals surface area contributed by atoms with Crippen LogP contribution in [0.25, 0.3) is 0 Å². The smallest absolute Gasteiger partial charge is 0.257 e. The van der Waals surface area contributed by atoms with Gasteiger partial charge in [-0.2, -0.15) is 0 Å². The molecule has 0 bridgehead atoms. The van der Waals surface area contributed by atoms with Crippen molar-refractivity contribution in [3.8, 4) is 5.75 Å². The van der Waals surface area contributed by atoms with E-state index < -0.39 is 29.3 Å². The first-order valence-electron chi connectivity index (χ1n) is 5.93. The molecule has 1 amide bonds. The minimum absolute atomic E-state index is 0.0418. The molecular formula is C13H16F3NO3. The first-order valence-corrected chi connectivity index (χ1v) is 5.93. The topological polar surface area (TPSA) is 58.6 Å². The van der Waals surface area contributed by atoms with Crippen LogP contribution in [0.2, 0.25) is 0 Å². The van der Waals surface area contributed by atoms with Crippen molar-refractivity contribution in [1.29, 1.82) is 0 Å². The number of hydrogen-bond donors (Lipinski definition) is 2. The van der Waals surface area contributed by atoms with E-state index in [0.717, 1.165) is 26.0 Å². The van der Waals surface area contributed by atoms with Crippen molar-refractivity contribution in [2.45, 2.75) is 25.6 Å². The second-order valence-corrected chi connectivity index (χ2v) is 4.72. The van der Waals surface area contributed by atoms with Crippen molar-refractivity contribution in [2.75, 3.05) is 13.2 Å². The molecule has 0 fully saturated rings. The molecule has 0 aliphatic carbocycles. The fourth-order valence-electron chi connectivity index (χ4n) is 1.24. The van der Waals surface area contributed by atoms with Crippen LogP contribution < -0.4 is 10.1 Å². The van der Waals surface area contributed by atoms with E-state index >= 15 is 0 Å². The van der Waals surface area contributed by atoms with Gasteiger partial charge in [0, 0.05) is 12.6 Å². The fraction of sp³-hybridized carbons (Fsp3) is 0.462. The lowest BCUT2D eigenvalue weighted by Gasteiger charge is -2.17. The van der Waals surface area contributed by atoms with E-state index in [1.807, 2.05) is 0 Å². The lowest BCUT2D eigenvalue weighted by Crippen LogP contribution is -2.43. The standard InChI is InChI=1S/C13H16F3NO3/c1-13(2,16)12(19)17-6-8(18)7-20-9-3-4-10(14)11(15)5-9/h3-5,8,18H,6-7H2,1-2H3,(H,17,19). The second kappa shape index (κ2) is 6.60. The fourth-order valence-corrected chi connectivity index (χ4v) is 1.24. The number of amides is 1. The van der Waals surface area contributed by atoms with Gasteiger partial charge in [0.25, 0.3) is 5.91 Å². The van der Waals surface area contributed by atoms with E-state index in [-0.39, 0.29) is 18.9 Å². The number of hydrogen-bond acceptors (Lipinski definition) is 3. The maximum absolute atomic E-state index is 13.2. The summed E-state index contributed by atoms with van der Waals surface area (Å²) >= 11 is 0. The maximum atomic E-state index is 13.2. The Morgan fingerprint density at radius 3 is 2.60 bits per heavy atom. The summed E-state index contributed by atoms with van der Waals surface area (Å²) in [4.78, 5) is 11.2. The van der Waals surface area contributed by atoms with E-state index in [1.54, 1.807) is 0 Å². The van der Waals surface area contributed by atoms with Crippen molar-refractivity contribution in [3.63, 3.8) is 0 Å². The number of aliphatic hydroxyl groups is 1. The molecule has 7 heteroatoms. The van der Waals surface area contributed by atoms with E-state index in [4.69, 9.17) is 4.74 Å². The van der Waals surface area contributed by atoms with Crippen molar-refractivity contribution >= 4 is 5.91 Å². The molecule has 112 valence electrons. The summed E-state index contributed by atoms with van der Waals surface area (Å²) in [5.74, 6) is -2.88. The van der Waals surface area contributed by atoms with E-state index in [2.05, 4.69) is 5.32 Å². The van der Waals surface area contributed by atoms with Gasteiger partial charge < -0.3 is 15.2 Å². The Hall–Kier alpha value is -1.76. The van der Waals surface area contributed by atoms with E-state index in [9.17, 15) is 23.1 Å². The number of alkyl halides is 1.